The summed E-state index contributed by atoms with van der Waals surface area (Å²) < 4.78 is 24.6. The highest BCUT2D eigenvalue weighted by atomic mass is 35.5. The Hall–Kier alpha value is -3.84. The summed E-state index contributed by atoms with van der Waals surface area (Å²) in [5.41, 5.74) is 1.96. The monoisotopic (exact) mass is 466 g/mol. The van der Waals surface area contributed by atoms with Gasteiger partial charge in [-0.25, -0.2) is 14.1 Å². The second-order valence-corrected chi connectivity index (χ2v) is 7.60. The Bertz CT molecular complexity index is 1230. The minimum Gasteiger partial charge on any atom is -0.490 e. The van der Waals surface area contributed by atoms with Crippen LogP contribution in [0.4, 0.5) is 14.9 Å². The van der Waals surface area contributed by atoms with E-state index in [2.05, 4.69) is 5.32 Å². The van der Waals surface area contributed by atoms with E-state index in [-0.39, 0.29) is 18.1 Å². The van der Waals surface area contributed by atoms with Crippen molar-refractivity contribution in [1.82, 2.24) is 5.32 Å². The summed E-state index contributed by atoms with van der Waals surface area (Å²) >= 11 is 5.99. The first-order valence-corrected chi connectivity index (χ1v) is 10.6. The van der Waals surface area contributed by atoms with Gasteiger partial charge in [-0.2, -0.15) is 0 Å². The molecule has 1 saturated heterocycles. The zero-order chi connectivity index (χ0) is 23.4. The quantitative estimate of drug-likeness (QED) is 0.366. The van der Waals surface area contributed by atoms with Crippen molar-refractivity contribution in [2.24, 2.45) is 0 Å². The fourth-order valence-corrected chi connectivity index (χ4v) is 3.48. The van der Waals surface area contributed by atoms with Gasteiger partial charge in [0.15, 0.2) is 11.5 Å². The van der Waals surface area contributed by atoms with E-state index in [1.807, 2.05) is 6.92 Å². The molecule has 168 valence electrons. The topological polar surface area (TPSA) is 67.9 Å². The Morgan fingerprint density at radius 3 is 2.52 bits per heavy atom. The van der Waals surface area contributed by atoms with Crippen LogP contribution in [0.3, 0.4) is 0 Å². The molecule has 6 nitrogen and oxygen atoms in total. The molecule has 1 N–H and O–H groups in total. The van der Waals surface area contributed by atoms with Gasteiger partial charge in [0.2, 0.25) is 0 Å². The van der Waals surface area contributed by atoms with Gasteiger partial charge in [0, 0.05) is 5.02 Å². The smallest absolute Gasteiger partial charge is 0.333 e. The average molecular weight is 467 g/mol. The lowest BCUT2D eigenvalue weighted by Gasteiger charge is -2.13. The van der Waals surface area contributed by atoms with Gasteiger partial charge in [0.25, 0.3) is 5.91 Å². The highest BCUT2D eigenvalue weighted by Crippen LogP contribution is 2.31. The lowest BCUT2D eigenvalue weighted by Crippen LogP contribution is -2.30. The van der Waals surface area contributed by atoms with Crippen LogP contribution in [0.2, 0.25) is 5.02 Å². The van der Waals surface area contributed by atoms with Crippen LogP contribution >= 0.6 is 11.6 Å². The zero-order valence-electron chi connectivity index (χ0n) is 17.7. The average Bonchev–Trinajstić information content (AvgIpc) is 3.07. The molecule has 1 aliphatic rings. The minimum atomic E-state index is -0.558. The predicted octanol–water partition coefficient (Wildman–Crippen LogP) is 5.55. The molecule has 0 atom stereocenters. The maximum Gasteiger partial charge on any atom is 0.333 e. The molecule has 1 aliphatic heterocycles. The van der Waals surface area contributed by atoms with Crippen molar-refractivity contribution < 1.29 is 23.5 Å². The van der Waals surface area contributed by atoms with Crippen LogP contribution in [-0.2, 0) is 11.4 Å². The third-order valence-electron chi connectivity index (χ3n) is 4.83. The zero-order valence-corrected chi connectivity index (χ0v) is 18.4. The number of anilines is 1. The summed E-state index contributed by atoms with van der Waals surface area (Å²) in [6.45, 7) is 2.49. The number of halogens is 2. The number of carbonyl (C=O) groups is 2. The number of benzene rings is 3. The Morgan fingerprint density at radius 2 is 1.79 bits per heavy atom. The Kier molecular flexibility index (Phi) is 6.60. The van der Waals surface area contributed by atoms with Crippen LogP contribution in [-0.4, -0.2) is 18.5 Å². The van der Waals surface area contributed by atoms with Crippen molar-refractivity contribution in [2.75, 3.05) is 11.5 Å². The second kappa shape index (κ2) is 9.75. The van der Waals surface area contributed by atoms with Crippen molar-refractivity contribution in [3.63, 3.8) is 0 Å². The standard InChI is InChI=1S/C25H20ClFN2O4/c1-2-32-23-13-17(8-11-22(23)33-15-16-6-9-19(27)10-7-16)12-21-24(30)29(25(31)28-21)20-5-3-4-18(26)14-20/h3-14H,2,15H2,1H3,(H,28,31)/b21-12+. The Labute approximate surface area is 195 Å². The fraction of sp³-hybridized carbons (Fsp3) is 0.120. The van der Waals surface area contributed by atoms with Gasteiger partial charge >= 0.3 is 6.03 Å². The lowest BCUT2D eigenvalue weighted by molar-refractivity contribution is -0.113. The van der Waals surface area contributed by atoms with E-state index in [0.29, 0.717) is 34.4 Å². The van der Waals surface area contributed by atoms with E-state index in [0.717, 1.165) is 10.5 Å². The number of nitrogens with one attached hydrogen (secondary N) is 1. The molecule has 33 heavy (non-hydrogen) atoms. The maximum atomic E-state index is 13.1. The summed E-state index contributed by atoms with van der Waals surface area (Å²) in [7, 11) is 0. The van der Waals surface area contributed by atoms with Gasteiger partial charge in [-0.1, -0.05) is 35.9 Å². The van der Waals surface area contributed by atoms with Gasteiger partial charge < -0.3 is 14.8 Å². The summed E-state index contributed by atoms with van der Waals surface area (Å²) in [5, 5.41) is 3.01. The minimum absolute atomic E-state index is 0.127. The number of imide groups is 1. The van der Waals surface area contributed by atoms with Crippen molar-refractivity contribution in [1.29, 1.82) is 0 Å². The molecule has 0 radical (unpaired) electrons. The summed E-state index contributed by atoms with van der Waals surface area (Å²) in [6, 6.07) is 17.2. The van der Waals surface area contributed by atoms with Crippen LogP contribution in [0.15, 0.2) is 72.4 Å². The van der Waals surface area contributed by atoms with Crippen LogP contribution in [0.25, 0.3) is 6.08 Å². The molecule has 3 amide bonds. The van der Waals surface area contributed by atoms with Gasteiger partial charge in [-0.15, -0.1) is 0 Å². The van der Waals surface area contributed by atoms with E-state index in [1.165, 1.54) is 12.1 Å². The molecule has 3 aromatic carbocycles. The van der Waals surface area contributed by atoms with E-state index in [9.17, 15) is 14.0 Å². The Balaban J connectivity index is 1.55. The number of hydrogen-bond acceptors (Lipinski definition) is 4. The van der Waals surface area contributed by atoms with Crippen LogP contribution in [0.1, 0.15) is 18.1 Å². The molecule has 0 saturated carbocycles. The number of urea groups is 1. The third kappa shape index (κ3) is 5.15. The molecule has 0 bridgehead atoms. The van der Waals surface area contributed by atoms with Crippen LogP contribution < -0.4 is 19.7 Å². The molecule has 1 heterocycles. The van der Waals surface area contributed by atoms with Gasteiger partial charge in [0.1, 0.15) is 18.1 Å². The summed E-state index contributed by atoms with van der Waals surface area (Å²) in [4.78, 5) is 26.3. The largest absolute Gasteiger partial charge is 0.490 e. The maximum absolute atomic E-state index is 13.1. The van der Waals surface area contributed by atoms with Crippen molar-refractivity contribution >= 4 is 35.3 Å². The third-order valence-corrected chi connectivity index (χ3v) is 5.07. The van der Waals surface area contributed by atoms with E-state index >= 15 is 0 Å². The second-order valence-electron chi connectivity index (χ2n) is 7.16. The number of ether oxygens (including phenoxy) is 2. The summed E-state index contributed by atoms with van der Waals surface area (Å²) in [6.07, 6.45) is 1.57. The lowest BCUT2D eigenvalue weighted by atomic mass is 10.1. The Morgan fingerprint density at radius 1 is 1.00 bits per heavy atom. The SMILES string of the molecule is CCOc1cc(/C=C2/NC(=O)N(c3cccc(Cl)c3)C2=O)ccc1OCc1ccc(F)cc1. The molecule has 4 rings (SSSR count). The van der Waals surface area contributed by atoms with E-state index < -0.39 is 11.9 Å². The molecular weight excluding hydrogens is 447 g/mol. The molecule has 3 aromatic rings. The number of hydrogen-bond donors (Lipinski definition) is 1. The predicted molar refractivity (Wildman–Crippen MR) is 124 cm³/mol. The number of nitrogens with zero attached hydrogens (tertiary/aromatic N) is 1. The highest BCUT2D eigenvalue weighted by molar-refractivity contribution is 6.32. The molecule has 0 aromatic heterocycles. The van der Waals surface area contributed by atoms with E-state index in [4.69, 9.17) is 21.1 Å². The van der Waals surface area contributed by atoms with Gasteiger partial charge in [-0.05, 0) is 66.6 Å². The van der Waals surface area contributed by atoms with Crippen LogP contribution in [0, 0.1) is 5.82 Å². The number of amides is 3. The first kappa shape index (κ1) is 22.4. The van der Waals surface area contributed by atoms with Crippen molar-refractivity contribution in [3.05, 3.63) is 94.4 Å². The molecule has 8 heteroatoms. The highest BCUT2D eigenvalue weighted by Gasteiger charge is 2.35. The molecular formula is C25H20ClFN2O4. The molecule has 0 aliphatic carbocycles. The van der Waals surface area contributed by atoms with E-state index in [1.54, 1.807) is 60.7 Å². The number of rotatable bonds is 7. The van der Waals surface area contributed by atoms with Gasteiger partial charge in [0.05, 0.1) is 12.3 Å². The molecule has 0 spiro atoms. The molecule has 1 fully saturated rings. The molecule has 0 unspecified atom stereocenters. The number of carbonyl (C=O) groups excluding carboxylic acids is 2. The van der Waals surface area contributed by atoms with Crippen molar-refractivity contribution in [2.45, 2.75) is 13.5 Å². The fourth-order valence-electron chi connectivity index (χ4n) is 3.30. The van der Waals surface area contributed by atoms with Crippen LogP contribution in [0.5, 0.6) is 11.5 Å². The van der Waals surface area contributed by atoms with Gasteiger partial charge in [-0.3, -0.25) is 4.79 Å². The first-order chi connectivity index (χ1) is 15.9. The van der Waals surface area contributed by atoms with Crippen molar-refractivity contribution in [3.8, 4) is 11.5 Å². The normalized spacial score (nSPS) is 14.5. The summed E-state index contributed by atoms with van der Waals surface area (Å²) in [5.74, 6) is 0.189. The first-order valence-electron chi connectivity index (χ1n) is 10.2.